The first-order valence-corrected chi connectivity index (χ1v) is 9.31. The van der Waals surface area contributed by atoms with Crippen LogP contribution in [0.25, 0.3) is 0 Å². The molecule has 0 spiro atoms. The van der Waals surface area contributed by atoms with Crippen LogP contribution in [0.3, 0.4) is 0 Å². The van der Waals surface area contributed by atoms with Crippen molar-refractivity contribution in [1.82, 2.24) is 0 Å². The molecule has 0 heterocycles. The second-order valence-electron chi connectivity index (χ2n) is 7.68. The number of unbranched alkanes of at least 4 members (excludes halogenated alkanes) is 1. The van der Waals surface area contributed by atoms with Crippen LogP contribution in [-0.2, 0) is 4.79 Å². The van der Waals surface area contributed by atoms with E-state index in [2.05, 4.69) is 13.5 Å². The van der Waals surface area contributed by atoms with Gasteiger partial charge in [-0.3, -0.25) is 4.79 Å². The Balaban J connectivity index is 1.71. The third-order valence-corrected chi connectivity index (χ3v) is 6.09. The fourth-order valence-corrected chi connectivity index (χ4v) is 4.64. The van der Waals surface area contributed by atoms with Crippen LogP contribution in [0, 0.1) is 23.7 Å². The highest BCUT2D eigenvalue weighted by Gasteiger charge is 2.32. The third kappa shape index (κ3) is 4.69. The van der Waals surface area contributed by atoms with E-state index >= 15 is 0 Å². The van der Waals surface area contributed by atoms with Gasteiger partial charge in [0.05, 0.1) is 0 Å². The molecular formula is C20H34O. The first-order valence-electron chi connectivity index (χ1n) is 9.31. The molecule has 2 aliphatic rings. The molecule has 0 unspecified atom stereocenters. The van der Waals surface area contributed by atoms with Crippen LogP contribution in [0.4, 0.5) is 0 Å². The van der Waals surface area contributed by atoms with Crippen LogP contribution in [0.15, 0.2) is 12.2 Å². The molecule has 0 amide bonds. The molecule has 2 rings (SSSR count). The summed E-state index contributed by atoms with van der Waals surface area (Å²) in [6.07, 6.45) is 14.9. The van der Waals surface area contributed by atoms with E-state index in [1.807, 2.05) is 6.92 Å². The van der Waals surface area contributed by atoms with E-state index in [0.29, 0.717) is 11.7 Å². The summed E-state index contributed by atoms with van der Waals surface area (Å²) in [6, 6.07) is 0. The van der Waals surface area contributed by atoms with Crippen LogP contribution in [0.5, 0.6) is 0 Å². The van der Waals surface area contributed by atoms with Crippen LogP contribution < -0.4 is 0 Å². The van der Waals surface area contributed by atoms with Crippen LogP contribution in [0.2, 0.25) is 0 Å². The van der Waals surface area contributed by atoms with Crippen molar-refractivity contribution in [2.45, 2.75) is 84.5 Å². The number of ketones is 1. The molecule has 0 bridgehead atoms. The molecule has 0 aliphatic heterocycles. The lowest BCUT2D eigenvalue weighted by molar-refractivity contribution is -0.120. The van der Waals surface area contributed by atoms with E-state index in [-0.39, 0.29) is 0 Å². The van der Waals surface area contributed by atoms with Crippen molar-refractivity contribution in [3.63, 3.8) is 0 Å². The minimum Gasteiger partial charge on any atom is -0.294 e. The van der Waals surface area contributed by atoms with Crippen molar-refractivity contribution in [3.05, 3.63) is 12.2 Å². The van der Waals surface area contributed by atoms with Gasteiger partial charge >= 0.3 is 0 Å². The van der Waals surface area contributed by atoms with Gasteiger partial charge in [0.1, 0.15) is 0 Å². The Labute approximate surface area is 131 Å². The molecule has 0 atom stereocenters. The summed E-state index contributed by atoms with van der Waals surface area (Å²) in [4.78, 5) is 12.0. The smallest absolute Gasteiger partial charge is 0.161 e. The Morgan fingerprint density at radius 3 is 1.95 bits per heavy atom. The Kier molecular flexibility index (Phi) is 6.51. The zero-order chi connectivity index (χ0) is 15.2. The molecule has 2 aliphatic carbocycles. The summed E-state index contributed by atoms with van der Waals surface area (Å²) in [5, 5.41) is 0. The number of hydrogen-bond donors (Lipinski definition) is 0. The average Bonchev–Trinajstić information content (AvgIpc) is 2.53. The van der Waals surface area contributed by atoms with Crippen molar-refractivity contribution in [2.75, 3.05) is 0 Å². The zero-order valence-corrected chi connectivity index (χ0v) is 14.2. The van der Waals surface area contributed by atoms with Gasteiger partial charge in [-0.2, -0.15) is 0 Å². The van der Waals surface area contributed by atoms with Crippen LogP contribution in [-0.4, -0.2) is 5.78 Å². The number of carbonyl (C=O) groups is 1. The van der Waals surface area contributed by atoms with E-state index in [0.717, 1.165) is 36.2 Å². The average molecular weight is 290 g/mol. The quantitative estimate of drug-likeness (QED) is 0.554. The maximum atomic E-state index is 12.0. The summed E-state index contributed by atoms with van der Waals surface area (Å²) >= 11 is 0. The van der Waals surface area contributed by atoms with Gasteiger partial charge in [0.2, 0.25) is 0 Å². The number of Topliss-reactive ketones (excluding diaryl/α,β-unsaturated/α-hetero) is 1. The Morgan fingerprint density at radius 2 is 1.48 bits per heavy atom. The lowest BCUT2D eigenvalue weighted by Gasteiger charge is -2.37. The molecule has 1 heteroatoms. The predicted molar refractivity (Wildman–Crippen MR) is 90.2 cm³/mol. The van der Waals surface area contributed by atoms with Crippen molar-refractivity contribution in [3.8, 4) is 0 Å². The van der Waals surface area contributed by atoms with Gasteiger partial charge in [-0.1, -0.05) is 45.6 Å². The SMILES string of the molecule is C=C(C)C(=O)C1CCC(C2CCC(CCCC)CC2)CC1. The van der Waals surface area contributed by atoms with E-state index in [1.54, 1.807) is 0 Å². The highest BCUT2D eigenvalue weighted by Crippen LogP contribution is 2.42. The normalized spacial score (nSPS) is 33.6. The molecule has 0 aromatic carbocycles. The molecule has 0 N–H and O–H groups in total. The Bertz CT molecular complexity index is 341. The summed E-state index contributed by atoms with van der Waals surface area (Å²) in [6.45, 7) is 7.99. The van der Waals surface area contributed by atoms with Crippen molar-refractivity contribution in [1.29, 1.82) is 0 Å². The van der Waals surface area contributed by atoms with E-state index < -0.39 is 0 Å². The predicted octanol–water partition coefficient (Wildman–Crippen LogP) is 5.93. The van der Waals surface area contributed by atoms with Crippen LogP contribution in [0.1, 0.15) is 84.5 Å². The van der Waals surface area contributed by atoms with E-state index in [4.69, 9.17) is 0 Å². The van der Waals surface area contributed by atoms with Crippen molar-refractivity contribution < 1.29 is 4.79 Å². The highest BCUT2D eigenvalue weighted by molar-refractivity contribution is 5.96. The largest absolute Gasteiger partial charge is 0.294 e. The molecule has 0 aromatic heterocycles. The maximum Gasteiger partial charge on any atom is 0.161 e. The minimum absolute atomic E-state index is 0.291. The molecule has 0 radical (unpaired) electrons. The number of allylic oxidation sites excluding steroid dienone is 1. The van der Waals surface area contributed by atoms with Gasteiger partial charge in [0, 0.05) is 5.92 Å². The highest BCUT2D eigenvalue weighted by atomic mass is 16.1. The van der Waals surface area contributed by atoms with E-state index in [1.165, 1.54) is 57.8 Å². The first kappa shape index (κ1) is 16.8. The Morgan fingerprint density at radius 1 is 0.952 bits per heavy atom. The summed E-state index contributed by atoms with van der Waals surface area (Å²) < 4.78 is 0. The minimum atomic E-state index is 0.291. The zero-order valence-electron chi connectivity index (χ0n) is 14.2. The van der Waals surface area contributed by atoms with Crippen molar-refractivity contribution >= 4 is 5.78 Å². The lowest BCUT2D eigenvalue weighted by Crippen LogP contribution is -2.28. The molecule has 21 heavy (non-hydrogen) atoms. The summed E-state index contributed by atoms with van der Waals surface area (Å²) in [5.41, 5.74) is 0.759. The summed E-state index contributed by atoms with van der Waals surface area (Å²) in [7, 11) is 0. The topological polar surface area (TPSA) is 17.1 Å². The number of hydrogen-bond acceptors (Lipinski definition) is 1. The van der Waals surface area contributed by atoms with Gasteiger partial charge in [0.25, 0.3) is 0 Å². The molecule has 120 valence electrons. The van der Waals surface area contributed by atoms with Gasteiger partial charge in [-0.25, -0.2) is 0 Å². The molecular weight excluding hydrogens is 256 g/mol. The standard InChI is InChI=1S/C20H34O/c1-4-5-6-16-7-9-17(10-8-16)18-11-13-19(14-12-18)20(21)15(2)3/h16-19H,2,4-14H2,1,3H3. The fraction of sp³-hybridized carbons (Fsp3) is 0.850. The second-order valence-corrected chi connectivity index (χ2v) is 7.68. The lowest BCUT2D eigenvalue weighted by atomic mass is 9.68. The molecule has 2 saturated carbocycles. The van der Waals surface area contributed by atoms with E-state index in [9.17, 15) is 4.79 Å². The monoisotopic (exact) mass is 290 g/mol. The van der Waals surface area contributed by atoms with Crippen molar-refractivity contribution in [2.24, 2.45) is 23.7 Å². The third-order valence-electron chi connectivity index (χ3n) is 6.09. The molecule has 2 fully saturated rings. The van der Waals surface area contributed by atoms with Crippen LogP contribution >= 0.6 is 0 Å². The molecule has 1 nitrogen and oxygen atoms in total. The number of rotatable bonds is 6. The number of carbonyl (C=O) groups excluding carboxylic acids is 1. The second kappa shape index (κ2) is 8.15. The van der Waals surface area contributed by atoms with Gasteiger partial charge in [-0.05, 0) is 68.8 Å². The van der Waals surface area contributed by atoms with Gasteiger partial charge in [0.15, 0.2) is 5.78 Å². The fourth-order valence-electron chi connectivity index (χ4n) is 4.64. The van der Waals surface area contributed by atoms with Gasteiger partial charge < -0.3 is 0 Å². The van der Waals surface area contributed by atoms with Gasteiger partial charge in [-0.15, -0.1) is 0 Å². The molecule has 0 aromatic rings. The maximum absolute atomic E-state index is 12.0. The molecule has 0 saturated heterocycles. The Hall–Kier alpha value is -0.590. The first-order chi connectivity index (χ1) is 10.1. The summed E-state index contributed by atoms with van der Waals surface area (Å²) in [5.74, 6) is 3.51.